The van der Waals surface area contributed by atoms with E-state index in [1.807, 2.05) is 23.6 Å². The number of hydrogen-bond donors (Lipinski definition) is 0. The summed E-state index contributed by atoms with van der Waals surface area (Å²) >= 11 is 1.48. The van der Waals surface area contributed by atoms with Crippen LogP contribution in [0.15, 0.2) is 39.8 Å². The van der Waals surface area contributed by atoms with Crippen molar-refractivity contribution in [3.8, 4) is 23.1 Å². The van der Waals surface area contributed by atoms with Gasteiger partial charge >= 0.3 is 0 Å². The lowest BCUT2D eigenvalue weighted by molar-refractivity contribution is 0.431. The highest BCUT2D eigenvalue weighted by Crippen LogP contribution is 2.20. The van der Waals surface area contributed by atoms with Crippen molar-refractivity contribution in [3.63, 3.8) is 0 Å². The number of thiazole rings is 1. The fourth-order valence-corrected chi connectivity index (χ4v) is 1.77. The molecule has 3 rings (SSSR count). The van der Waals surface area contributed by atoms with Crippen molar-refractivity contribution in [2.45, 2.75) is 0 Å². The van der Waals surface area contributed by atoms with E-state index in [0.717, 1.165) is 0 Å². The molecule has 3 heterocycles. The second-order valence-corrected chi connectivity index (χ2v) is 3.73. The van der Waals surface area contributed by atoms with Crippen molar-refractivity contribution in [2.24, 2.45) is 0 Å². The van der Waals surface area contributed by atoms with Gasteiger partial charge in [0, 0.05) is 11.6 Å². The predicted molar refractivity (Wildman–Crippen MR) is 58.6 cm³/mol. The van der Waals surface area contributed by atoms with Crippen molar-refractivity contribution in [3.05, 3.63) is 35.3 Å². The van der Waals surface area contributed by atoms with E-state index in [-0.39, 0.29) is 0 Å². The molecule has 78 valence electrons. The van der Waals surface area contributed by atoms with Crippen molar-refractivity contribution in [1.82, 2.24) is 20.1 Å². The molecule has 3 aromatic heterocycles. The average molecular weight is 230 g/mol. The van der Waals surface area contributed by atoms with Crippen LogP contribution in [0.5, 0.6) is 0 Å². The van der Waals surface area contributed by atoms with Gasteiger partial charge in [-0.15, -0.1) is 11.3 Å². The van der Waals surface area contributed by atoms with E-state index in [4.69, 9.17) is 4.52 Å². The average Bonchev–Trinajstić information content (AvgIpc) is 3.01. The third-order valence-corrected chi connectivity index (χ3v) is 2.56. The Labute approximate surface area is 94.8 Å². The normalized spacial score (nSPS) is 10.5. The van der Waals surface area contributed by atoms with Crippen LogP contribution in [0, 0.1) is 0 Å². The summed E-state index contributed by atoms with van der Waals surface area (Å²) in [6.07, 6.45) is 1.69. The first kappa shape index (κ1) is 9.17. The minimum absolute atomic E-state index is 0.418. The highest BCUT2D eigenvalue weighted by molar-refractivity contribution is 7.07. The maximum absolute atomic E-state index is 5.11. The number of aromatic nitrogens is 4. The smallest absolute Gasteiger partial charge is 0.277 e. The molecule has 5 nitrogen and oxygen atoms in total. The summed E-state index contributed by atoms with van der Waals surface area (Å²) in [7, 11) is 0. The molecule has 0 unspecified atom stereocenters. The molecule has 0 amide bonds. The van der Waals surface area contributed by atoms with E-state index in [9.17, 15) is 0 Å². The van der Waals surface area contributed by atoms with Gasteiger partial charge in [-0.3, -0.25) is 4.98 Å². The van der Waals surface area contributed by atoms with E-state index in [0.29, 0.717) is 23.1 Å². The zero-order valence-corrected chi connectivity index (χ0v) is 8.89. The third-order valence-electron chi connectivity index (χ3n) is 1.97. The maximum Gasteiger partial charge on any atom is 0.277 e. The molecule has 0 aliphatic carbocycles. The Morgan fingerprint density at radius 1 is 1.12 bits per heavy atom. The van der Waals surface area contributed by atoms with Crippen molar-refractivity contribution in [2.75, 3.05) is 0 Å². The Kier molecular flexibility index (Phi) is 2.19. The van der Waals surface area contributed by atoms with E-state index in [1.54, 1.807) is 11.7 Å². The maximum atomic E-state index is 5.11. The summed E-state index contributed by atoms with van der Waals surface area (Å²) in [5.41, 5.74) is 3.10. The van der Waals surface area contributed by atoms with Crippen LogP contribution in [-0.2, 0) is 0 Å². The first-order chi connectivity index (χ1) is 7.93. The van der Waals surface area contributed by atoms with Gasteiger partial charge in [-0.2, -0.15) is 4.98 Å². The highest BCUT2D eigenvalue weighted by Gasteiger charge is 2.11. The molecule has 0 aromatic carbocycles. The van der Waals surface area contributed by atoms with Crippen LogP contribution in [-0.4, -0.2) is 20.1 Å². The van der Waals surface area contributed by atoms with Crippen LogP contribution in [0.2, 0.25) is 0 Å². The lowest BCUT2D eigenvalue weighted by atomic mass is 10.3. The van der Waals surface area contributed by atoms with Crippen molar-refractivity contribution < 1.29 is 4.52 Å². The minimum Gasteiger partial charge on any atom is -0.332 e. The Hall–Kier alpha value is -2.08. The molecular formula is C10H6N4OS. The zero-order valence-electron chi connectivity index (χ0n) is 8.07. The van der Waals surface area contributed by atoms with Gasteiger partial charge in [-0.25, -0.2) is 4.98 Å². The SMILES string of the molecule is c1ccc(-c2noc(-c3cscn3)n2)nc1. The van der Waals surface area contributed by atoms with Crippen molar-refractivity contribution in [1.29, 1.82) is 0 Å². The van der Waals surface area contributed by atoms with Crippen LogP contribution in [0.3, 0.4) is 0 Å². The van der Waals surface area contributed by atoms with Gasteiger partial charge in [-0.05, 0) is 12.1 Å². The molecular weight excluding hydrogens is 224 g/mol. The van der Waals surface area contributed by atoms with Crippen LogP contribution < -0.4 is 0 Å². The molecule has 0 saturated heterocycles. The third kappa shape index (κ3) is 1.59. The second kappa shape index (κ2) is 3.82. The van der Waals surface area contributed by atoms with E-state index < -0.39 is 0 Å². The van der Waals surface area contributed by atoms with Gasteiger partial charge < -0.3 is 4.52 Å². The second-order valence-electron chi connectivity index (χ2n) is 3.01. The quantitative estimate of drug-likeness (QED) is 0.675. The van der Waals surface area contributed by atoms with Crippen LogP contribution in [0.25, 0.3) is 23.1 Å². The molecule has 0 aliphatic heterocycles. The summed E-state index contributed by atoms with van der Waals surface area (Å²) in [4.78, 5) is 12.5. The molecule has 0 fully saturated rings. The Bertz CT molecular complexity index is 576. The summed E-state index contributed by atoms with van der Waals surface area (Å²) in [5.74, 6) is 0.894. The molecule has 16 heavy (non-hydrogen) atoms. The minimum atomic E-state index is 0.418. The molecule has 0 radical (unpaired) electrons. The monoisotopic (exact) mass is 230 g/mol. The highest BCUT2D eigenvalue weighted by atomic mass is 32.1. The Morgan fingerprint density at radius 3 is 2.88 bits per heavy atom. The first-order valence-electron chi connectivity index (χ1n) is 4.57. The van der Waals surface area contributed by atoms with Crippen LogP contribution in [0.4, 0.5) is 0 Å². The van der Waals surface area contributed by atoms with Crippen LogP contribution >= 0.6 is 11.3 Å². The largest absolute Gasteiger partial charge is 0.332 e. The van der Waals surface area contributed by atoms with E-state index in [2.05, 4.69) is 20.1 Å². The standard InChI is InChI=1S/C10H6N4OS/c1-2-4-11-7(3-1)9-13-10(15-14-9)8-5-16-6-12-8/h1-6H. The van der Waals surface area contributed by atoms with Gasteiger partial charge in [0.25, 0.3) is 5.89 Å². The molecule has 3 aromatic rings. The molecule has 0 bridgehead atoms. The van der Waals surface area contributed by atoms with E-state index in [1.165, 1.54) is 11.3 Å². The van der Waals surface area contributed by atoms with Crippen molar-refractivity contribution >= 4 is 11.3 Å². The summed E-state index contributed by atoms with van der Waals surface area (Å²) in [5, 5.41) is 5.72. The van der Waals surface area contributed by atoms with E-state index >= 15 is 0 Å². The Balaban J connectivity index is 2.00. The molecule has 0 saturated carbocycles. The first-order valence-corrected chi connectivity index (χ1v) is 5.51. The number of pyridine rings is 1. The van der Waals surface area contributed by atoms with Gasteiger partial charge in [0.15, 0.2) is 0 Å². The molecule has 6 heteroatoms. The predicted octanol–water partition coefficient (Wildman–Crippen LogP) is 2.26. The van der Waals surface area contributed by atoms with Gasteiger partial charge in [0.05, 0.1) is 5.51 Å². The van der Waals surface area contributed by atoms with Crippen LogP contribution in [0.1, 0.15) is 0 Å². The zero-order chi connectivity index (χ0) is 10.8. The fourth-order valence-electron chi connectivity index (χ4n) is 1.24. The molecule has 0 N–H and O–H groups in total. The van der Waals surface area contributed by atoms with Gasteiger partial charge in [0.2, 0.25) is 5.82 Å². The lowest BCUT2D eigenvalue weighted by Gasteiger charge is -1.89. The summed E-state index contributed by atoms with van der Waals surface area (Å²) in [6.45, 7) is 0. The van der Waals surface area contributed by atoms with Gasteiger partial charge in [-0.1, -0.05) is 11.2 Å². The molecule has 0 atom stereocenters. The Morgan fingerprint density at radius 2 is 2.12 bits per heavy atom. The summed E-state index contributed by atoms with van der Waals surface area (Å²) < 4.78 is 5.11. The molecule has 0 aliphatic rings. The number of nitrogens with zero attached hydrogens (tertiary/aromatic N) is 4. The summed E-state index contributed by atoms with van der Waals surface area (Å²) in [6, 6.07) is 5.54. The fraction of sp³-hybridized carbons (Fsp3) is 0. The molecule has 0 spiro atoms. The van der Waals surface area contributed by atoms with Gasteiger partial charge in [0.1, 0.15) is 11.4 Å². The number of rotatable bonds is 2. The topological polar surface area (TPSA) is 64.7 Å². The lowest BCUT2D eigenvalue weighted by Crippen LogP contribution is -1.84. The number of hydrogen-bond acceptors (Lipinski definition) is 6.